The van der Waals surface area contributed by atoms with Crippen LogP contribution in [-0.4, -0.2) is 14.3 Å². The summed E-state index contributed by atoms with van der Waals surface area (Å²) in [5.41, 5.74) is 3.84. The van der Waals surface area contributed by atoms with Crippen LogP contribution >= 0.6 is 11.8 Å². The van der Waals surface area contributed by atoms with Gasteiger partial charge >= 0.3 is 0 Å². The smallest absolute Gasteiger partial charge is 0.262 e. The van der Waals surface area contributed by atoms with E-state index in [4.69, 9.17) is 0 Å². The lowest BCUT2D eigenvalue weighted by Gasteiger charge is -2.15. The Hall–Kier alpha value is -3.55. The molecule has 0 fully saturated rings. The van der Waals surface area contributed by atoms with Crippen LogP contribution in [0.4, 0.5) is 11.4 Å². The summed E-state index contributed by atoms with van der Waals surface area (Å²) in [4.78, 5) is 15.1. The SMILES string of the molecule is Cc1ccc(C(=O)Nc2ccccc2Sc2ccccc2)cc1S(=O)(=O)Nc1cccc(C)c1C. The zero-order valence-corrected chi connectivity index (χ0v) is 21.3. The molecule has 4 aromatic carbocycles. The van der Waals surface area contributed by atoms with E-state index in [1.165, 1.54) is 6.07 Å². The predicted molar refractivity (Wildman–Crippen MR) is 143 cm³/mol. The molecule has 0 bridgehead atoms. The molecule has 0 saturated heterocycles. The summed E-state index contributed by atoms with van der Waals surface area (Å²) in [5, 5.41) is 2.94. The maximum absolute atomic E-state index is 13.2. The molecule has 4 aromatic rings. The number of hydrogen-bond donors (Lipinski definition) is 2. The topological polar surface area (TPSA) is 75.3 Å². The van der Waals surface area contributed by atoms with Gasteiger partial charge in [0.15, 0.2) is 0 Å². The maximum atomic E-state index is 13.2. The lowest BCUT2D eigenvalue weighted by atomic mass is 10.1. The van der Waals surface area contributed by atoms with Crippen molar-refractivity contribution in [1.82, 2.24) is 0 Å². The molecule has 0 aliphatic carbocycles. The van der Waals surface area contributed by atoms with Gasteiger partial charge in [0.2, 0.25) is 0 Å². The lowest BCUT2D eigenvalue weighted by molar-refractivity contribution is 0.102. The number of rotatable bonds is 7. The van der Waals surface area contributed by atoms with Gasteiger partial charge in [0.05, 0.1) is 16.3 Å². The Labute approximate surface area is 210 Å². The number of nitrogens with one attached hydrogen (secondary N) is 2. The van der Waals surface area contributed by atoms with Crippen molar-refractivity contribution in [3.8, 4) is 0 Å². The Bertz CT molecular complexity index is 1480. The number of benzene rings is 4. The second-order valence-electron chi connectivity index (χ2n) is 8.20. The van der Waals surface area contributed by atoms with E-state index < -0.39 is 10.0 Å². The first-order valence-electron chi connectivity index (χ1n) is 11.1. The third-order valence-electron chi connectivity index (χ3n) is 5.70. The Morgan fingerprint density at radius 1 is 0.743 bits per heavy atom. The van der Waals surface area contributed by atoms with E-state index in [1.807, 2.05) is 80.6 Å². The molecule has 2 N–H and O–H groups in total. The Kier molecular flexibility index (Phi) is 7.28. The van der Waals surface area contributed by atoms with Gasteiger partial charge in [-0.15, -0.1) is 0 Å². The van der Waals surface area contributed by atoms with Gasteiger partial charge in [0, 0.05) is 15.4 Å². The average molecular weight is 503 g/mol. The first-order chi connectivity index (χ1) is 16.7. The van der Waals surface area contributed by atoms with E-state index >= 15 is 0 Å². The number of para-hydroxylation sites is 1. The number of sulfonamides is 1. The summed E-state index contributed by atoms with van der Waals surface area (Å²) in [7, 11) is -3.90. The second-order valence-corrected chi connectivity index (χ2v) is 11.0. The summed E-state index contributed by atoms with van der Waals surface area (Å²) in [5.74, 6) is -0.380. The molecule has 0 aliphatic rings. The molecular formula is C28H26N2O3S2. The molecular weight excluding hydrogens is 476 g/mol. The number of amides is 1. The van der Waals surface area contributed by atoms with Crippen LogP contribution in [0.2, 0.25) is 0 Å². The van der Waals surface area contributed by atoms with Gasteiger partial charge < -0.3 is 5.32 Å². The fourth-order valence-corrected chi connectivity index (χ4v) is 5.88. The number of carbonyl (C=O) groups excluding carboxylic acids is 1. The molecule has 0 radical (unpaired) electrons. The summed E-state index contributed by atoms with van der Waals surface area (Å²) >= 11 is 1.54. The highest BCUT2D eigenvalue weighted by Crippen LogP contribution is 2.33. The van der Waals surface area contributed by atoms with Crippen LogP contribution < -0.4 is 10.0 Å². The number of anilines is 2. The Morgan fingerprint density at radius 3 is 2.20 bits per heavy atom. The molecule has 0 atom stereocenters. The summed E-state index contributed by atoms with van der Waals surface area (Å²) in [6.45, 7) is 5.51. The summed E-state index contributed by atoms with van der Waals surface area (Å²) in [6, 6.07) is 27.6. The van der Waals surface area contributed by atoms with Crippen molar-refractivity contribution in [3.05, 3.63) is 113 Å². The van der Waals surface area contributed by atoms with E-state index in [0.717, 1.165) is 20.9 Å². The Balaban J connectivity index is 1.60. The molecule has 1 amide bonds. The molecule has 7 heteroatoms. The zero-order valence-electron chi connectivity index (χ0n) is 19.7. The van der Waals surface area contributed by atoms with Gasteiger partial charge in [-0.1, -0.05) is 60.3 Å². The van der Waals surface area contributed by atoms with Gasteiger partial charge in [0.25, 0.3) is 15.9 Å². The highest BCUT2D eigenvalue weighted by Gasteiger charge is 2.21. The predicted octanol–water partition coefficient (Wildman–Crippen LogP) is 6.82. The first kappa shape index (κ1) is 24.6. The fraction of sp³-hybridized carbons (Fsp3) is 0.107. The third kappa shape index (κ3) is 5.75. The Morgan fingerprint density at radius 2 is 1.43 bits per heavy atom. The molecule has 0 saturated carbocycles. The van der Waals surface area contributed by atoms with Gasteiger partial charge in [0.1, 0.15) is 0 Å². The van der Waals surface area contributed by atoms with E-state index in [-0.39, 0.29) is 16.4 Å². The van der Waals surface area contributed by atoms with E-state index in [0.29, 0.717) is 16.9 Å². The molecule has 0 spiro atoms. The van der Waals surface area contributed by atoms with Crippen LogP contribution in [0.5, 0.6) is 0 Å². The highest BCUT2D eigenvalue weighted by atomic mass is 32.2. The monoisotopic (exact) mass is 502 g/mol. The highest BCUT2D eigenvalue weighted by molar-refractivity contribution is 7.99. The van der Waals surface area contributed by atoms with Crippen molar-refractivity contribution in [2.75, 3.05) is 10.0 Å². The first-order valence-corrected chi connectivity index (χ1v) is 13.4. The second kappa shape index (κ2) is 10.4. The molecule has 0 aliphatic heterocycles. The van der Waals surface area contributed by atoms with E-state index in [1.54, 1.807) is 36.9 Å². The van der Waals surface area contributed by atoms with Crippen LogP contribution in [0, 0.1) is 20.8 Å². The maximum Gasteiger partial charge on any atom is 0.262 e. The minimum absolute atomic E-state index is 0.0676. The van der Waals surface area contributed by atoms with Crippen LogP contribution in [-0.2, 0) is 10.0 Å². The minimum atomic E-state index is -3.90. The molecule has 0 unspecified atom stereocenters. The van der Waals surface area contributed by atoms with E-state index in [9.17, 15) is 13.2 Å². The van der Waals surface area contributed by atoms with Gasteiger partial charge in [-0.05, 0) is 79.9 Å². The van der Waals surface area contributed by atoms with Crippen molar-refractivity contribution in [2.24, 2.45) is 0 Å². The molecule has 4 rings (SSSR count). The molecule has 5 nitrogen and oxygen atoms in total. The van der Waals surface area contributed by atoms with Gasteiger partial charge in [-0.2, -0.15) is 0 Å². The van der Waals surface area contributed by atoms with Crippen molar-refractivity contribution in [2.45, 2.75) is 35.5 Å². The molecule has 35 heavy (non-hydrogen) atoms. The van der Waals surface area contributed by atoms with Crippen LogP contribution in [0.25, 0.3) is 0 Å². The van der Waals surface area contributed by atoms with Crippen LogP contribution in [0.1, 0.15) is 27.0 Å². The van der Waals surface area contributed by atoms with Crippen molar-refractivity contribution in [1.29, 1.82) is 0 Å². The van der Waals surface area contributed by atoms with Crippen molar-refractivity contribution in [3.63, 3.8) is 0 Å². The zero-order chi connectivity index (χ0) is 25.0. The summed E-state index contributed by atoms with van der Waals surface area (Å²) in [6.07, 6.45) is 0. The fourth-order valence-electron chi connectivity index (χ4n) is 3.56. The number of hydrogen-bond acceptors (Lipinski definition) is 4. The third-order valence-corrected chi connectivity index (χ3v) is 8.29. The largest absolute Gasteiger partial charge is 0.321 e. The lowest BCUT2D eigenvalue weighted by Crippen LogP contribution is -2.18. The van der Waals surface area contributed by atoms with Crippen molar-refractivity contribution < 1.29 is 13.2 Å². The molecule has 178 valence electrons. The molecule has 0 aromatic heterocycles. The normalized spacial score (nSPS) is 11.2. The van der Waals surface area contributed by atoms with Crippen molar-refractivity contribution >= 4 is 39.1 Å². The standard InChI is InChI=1S/C28H26N2O3S2/c1-19-10-9-14-24(21(19)3)30-35(32,33)27-18-22(17-16-20(27)2)28(31)29-25-13-7-8-15-26(25)34-23-11-5-4-6-12-23/h4-18,30H,1-3H3,(H,29,31). The number of aryl methyl sites for hydroxylation is 2. The van der Waals surface area contributed by atoms with Gasteiger partial charge in [-0.25, -0.2) is 8.42 Å². The van der Waals surface area contributed by atoms with Gasteiger partial charge in [-0.3, -0.25) is 9.52 Å². The van der Waals surface area contributed by atoms with Crippen LogP contribution in [0.3, 0.4) is 0 Å². The minimum Gasteiger partial charge on any atom is -0.321 e. The summed E-state index contributed by atoms with van der Waals surface area (Å²) < 4.78 is 29.1. The average Bonchev–Trinajstić information content (AvgIpc) is 2.84. The number of carbonyl (C=O) groups is 1. The quantitative estimate of drug-likeness (QED) is 0.291. The van der Waals surface area contributed by atoms with E-state index in [2.05, 4.69) is 10.0 Å². The van der Waals surface area contributed by atoms with Crippen LogP contribution in [0.15, 0.2) is 106 Å². The molecule has 0 heterocycles.